The molecule has 0 bridgehead atoms. The van der Waals surface area contributed by atoms with Crippen LogP contribution in [0.3, 0.4) is 0 Å². The third kappa shape index (κ3) is 3.52. The fourth-order valence-corrected chi connectivity index (χ4v) is 3.39. The van der Waals surface area contributed by atoms with Crippen LogP contribution in [0, 0.1) is 5.92 Å². The second-order valence-electron chi connectivity index (χ2n) is 7.32. The molecule has 8 nitrogen and oxygen atoms in total. The van der Waals surface area contributed by atoms with Gasteiger partial charge in [-0.3, -0.25) is 0 Å². The monoisotopic (exact) mass is 402 g/mol. The average molecular weight is 402 g/mol. The summed E-state index contributed by atoms with van der Waals surface area (Å²) >= 11 is 0. The Morgan fingerprint density at radius 2 is 1.90 bits per heavy atom. The zero-order chi connectivity index (χ0) is 20.5. The molecule has 3 heterocycles. The number of aromatic nitrogens is 5. The van der Waals surface area contributed by atoms with Crippen LogP contribution in [0.1, 0.15) is 12.8 Å². The van der Waals surface area contributed by atoms with Gasteiger partial charge in [0.1, 0.15) is 0 Å². The molecule has 8 heteroatoms. The summed E-state index contributed by atoms with van der Waals surface area (Å²) < 4.78 is 12.3. The quantitative estimate of drug-likeness (QED) is 0.504. The topological polar surface area (TPSA) is 86.5 Å². The Balaban J connectivity index is 1.55. The molecule has 1 saturated carbocycles. The van der Waals surface area contributed by atoms with Crippen LogP contribution < -0.4 is 14.8 Å². The third-order valence-corrected chi connectivity index (χ3v) is 5.23. The minimum atomic E-state index is 0.244. The maximum Gasteiger partial charge on any atom is 0.319 e. The molecule has 5 rings (SSSR count). The van der Waals surface area contributed by atoms with Crippen LogP contribution in [0.15, 0.2) is 48.9 Å². The number of methoxy groups -OCH3 is 2. The Hall–Kier alpha value is -3.68. The van der Waals surface area contributed by atoms with Gasteiger partial charge in [0.25, 0.3) is 0 Å². The molecule has 1 N–H and O–H groups in total. The van der Waals surface area contributed by atoms with Gasteiger partial charge in [0, 0.05) is 36.4 Å². The molecule has 30 heavy (non-hydrogen) atoms. The minimum Gasteiger partial charge on any atom is -0.480 e. The summed E-state index contributed by atoms with van der Waals surface area (Å²) in [4.78, 5) is 13.0. The van der Waals surface area contributed by atoms with Gasteiger partial charge in [0.15, 0.2) is 5.65 Å². The van der Waals surface area contributed by atoms with Gasteiger partial charge < -0.3 is 14.8 Å². The molecule has 0 unspecified atom stereocenters. The summed E-state index contributed by atoms with van der Waals surface area (Å²) in [7, 11) is 3.08. The van der Waals surface area contributed by atoms with Gasteiger partial charge in [0.05, 0.1) is 25.5 Å². The standard InChI is InChI=1S/C22H22N6O2/c1-29-21-18(13-25-22(26-21)30-2)19-11-17(20-23-9-10-28(20)27-19)15-5-7-16(8-6-15)24-12-14-3-4-14/h5-11,13-14,24H,3-4,12H2,1-2H3. The lowest BCUT2D eigenvalue weighted by molar-refractivity contribution is 0.353. The molecule has 4 aromatic rings. The van der Waals surface area contributed by atoms with Gasteiger partial charge in [-0.25, -0.2) is 14.5 Å². The van der Waals surface area contributed by atoms with Gasteiger partial charge in [-0.05, 0) is 42.5 Å². The van der Waals surface area contributed by atoms with Gasteiger partial charge in [-0.1, -0.05) is 12.1 Å². The van der Waals surface area contributed by atoms with Gasteiger partial charge in [0.2, 0.25) is 5.88 Å². The minimum absolute atomic E-state index is 0.244. The molecule has 0 spiro atoms. The summed E-state index contributed by atoms with van der Waals surface area (Å²) in [6, 6.07) is 10.6. The molecule has 0 aliphatic heterocycles. The number of benzene rings is 1. The van der Waals surface area contributed by atoms with E-state index in [-0.39, 0.29) is 6.01 Å². The largest absolute Gasteiger partial charge is 0.480 e. The Kier molecular flexibility index (Phi) is 4.66. The molecule has 152 valence electrons. The van der Waals surface area contributed by atoms with Crippen molar-refractivity contribution in [2.24, 2.45) is 5.92 Å². The van der Waals surface area contributed by atoms with E-state index in [2.05, 4.69) is 49.6 Å². The van der Waals surface area contributed by atoms with E-state index in [1.165, 1.54) is 20.0 Å². The number of rotatable bonds is 7. The number of nitrogens with zero attached hydrogens (tertiary/aromatic N) is 5. The molecule has 1 aliphatic carbocycles. The highest BCUT2D eigenvalue weighted by Gasteiger charge is 2.20. The summed E-state index contributed by atoms with van der Waals surface area (Å²) in [5.41, 5.74) is 5.30. The number of anilines is 1. The zero-order valence-electron chi connectivity index (χ0n) is 16.9. The van der Waals surface area contributed by atoms with E-state index in [0.717, 1.165) is 34.9 Å². The number of hydrogen-bond donors (Lipinski definition) is 1. The van der Waals surface area contributed by atoms with Crippen LogP contribution in [0.5, 0.6) is 11.9 Å². The molecule has 1 aromatic carbocycles. The Bertz CT molecular complexity index is 1180. The maximum atomic E-state index is 5.44. The first-order valence-corrected chi connectivity index (χ1v) is 9.89. The first-order chi connectivity index (χ1) is 14.7. The Morgan fingerprint density at radius 3 is 2.63 bits per heavy atom. The summed E-state index contributed by atoms with van der Waals surface area (Å²) in [5, 5.41) is 8.17. The van der Waals surface area contributed by atoms with Gasteiger partial charge in [-0.15, -0.1) is 0 Å². The number of hydrogen-bond acceptors (Lipinski definition) is 7. The van der Waals surface area contributed by atoms with Crippen LogP contribution in [-0.4, -0.2) is 45.3 Å². The summed E-state index contributed by atoms with van der Waals surface area (Å²) in [5.74, 6) is 1.23. The van der Waals surface area contributed by atoms with Crippen molar-refractivity contribution in [3.05, 3.63) is 48.9 Å². The zero-order valence-corrected chi connectivity index (χ0v) is 16.9. The second-order valence-corrected chi connectivity index (χ2v) is 7.32. The number of fused-ring (bicyclic) bond motifs is 1. The van der Waals surface area contributed by atoms with Crippen LogP contribution in [0.4, 0.5) is 5.69 Å². The SMILES string of the molecule is COc1ncc(-c2cc(-c3ccc(NCC4CC4)cc3)c3nccn3n2)c(OC)n1. The highest BCUT2D eigenvalue weighted by Crippen LogP contribution is 2.33. The predicted molar refractivity (Wildman–Crippen MR) is 114 cm³/mol. The summed E-state index contributed by atoms with van der Waals surface area (Å²) in [6.07, 6.45) is 7.89. The fraction of sp³-hybridized carbons (Fsp3) is 0.273. The van der Waals surface area contributed by atoms with E-state index < -0.39 is 0 Å². The van der Waals surface area contributed by atoms with Gasteiger partial charge >= 0.3 is 6.01 Å². The maximum absolute atomic E-state index is 5.44. The van der Waals surface area contributed by atoms with E-state index in [0.29, 0.717) is 17.1 Å². The molecule has 1 fully saturated rings. The van der Waals surface area contributed by atoms with E-state index in [1.807, 2.05) is 12.3 Å². The lowest BCUT2D eigenvalue weighted by atomic mass is 10.0. The second kappa shape index (κ2) is 7.62. The third-order valence-electron chi connectivity index (χ3n) is 5.23. The molecular formula is C22H22N6O2. The van der Waals surface area contributed by atoms with Crippen LogP contribution in [-0.2, 0) is 0 Å². The van der Waals surface area contributed by atoms with E-state index in [9.17, 15) is 0 Å². The highest BCUT2D eigenvalue weighted by molar-refractivity contribution is 5.82. The van der Waals surface area contributed by atoms with E-state index >= 15 is 0 Å². The number of nitrogens with one attached hydrogen (secondary N) is 1. The van der Waals surface area contributed by atoms with Crippen molar-refractivity contribution < 1.29 is 9.47 Å². The Morgan fingerprint density at radius 1 is 1.07 bits per heavy atom. The first-order valence-electron chi connectivity index (χ1n) is 9.89. The number of ether oxygens (including phenoxy) is 2. The lowest BCUT2D eigenvalue weighted by Crippen LogP contribution is -2.03. The average Bonchev–Trinajstić information content (AvgIpc) is 3.51. The van der Waals surface area contributed by atoms with Crippen molar-refractivity contribution in [2.45, 2.75) is 12.8 Å². The van der Waals surface area contributed by atoms with Gasteiger partial charge in [-0.2, -0.15) is 10.1 Å². The van der Waals surface area contributed by atoms with Crippen molar-refractivity contribution in [3.8, 4) is 34.3 Å². The molecule has 0 atom stereocenters. The first kappa shape index (κ1) is 18.4. The Labute approximate surface area is 173 Å². The van der Waals surface area contributed by atoms with E-state index in [4.69, 9.17) is 9.47 Å². The molecule has 0 amide bonds. The van der Waals surface area contributed by atoms with Crippen molar-refractivity contribution in [1.29, 1.82) is 0 Å². The molecule has 3 aromatic heterocycles. The van der Waals surface area contributed by atoms with Crippen molar-refractivity contribution >= 4 is 11.3 Å². The summed E-state index contributed by atoms with van der Waals surface area (Å²) in [6.45, 7) is 1.04. The number of imidazole rings is 1. The lowest BCUT2D eigenvalue weighted by Gasteiger charge is -2.11. The highest BCUT2D eigenvalue weighted by atomic mass is 16.5. The fourth-order valence-electron chi connectivity index (χ4n) is 3.39. The van der Waals surface area contributed by atoms with Crippen molar-refractivity contribution in [1.82, 2.24) is 24.6 Å². The normalized spacial score (nSPS) is 13.4. The molecule has 0 saturated heterocycles. The van der Waals surface area contributed by atoms with Crippen molar-refractivity contribution in [2.75, 3.05) is 26.1 Å². The molecule has 1 aliphatic rings. The smallest absolute Gasteiger partial charge is 0.319 e. The van der Waals surface area contributed by atoms with Crippen LogP contribution in [0.2, 0.25) is 0 Å². The van der Waals surface area contributed by atoms with E-state index in [1.54, 1.807) is 24.0 Å². The van der Waals surface area contributed by atoms with Crippen LogP contribution >= 0.6 is 0 Å². The van der Waals surface area contributed by atoms with Crippen molar-refractivity contribution in [3.63, 3.8) is 0 Å². The molecule has 0 radical (unpaired) electrons. The molecular weight excluding hydrogens is 380 g/mol. The predicted octanol–water partition coefficient (Wildman–Crippen LogP) is 3.69. The van der Waals surface area contributed by atoms with Crippen LogP contribution in [0.25, 0.3) is 28.0 Å².